The molecule has 23 heavy (non-hydrogen) atoms. The van der Waals surface area contributed by atoms with Crippen LogP contribution in [0.1, 0.15) is 38.2 Å². The van der Waals surface area contributed by atoms with E-state index >= 15 is 0 Å². The van der Waals surface area contributed by atoms with Crippen LogP contribution < -0.4 is 10.4 Å². The summed E-state index contributed by atoms with van der Waals surface area (Å²) < 4.78 is 0. The highest BCUT2D eigenvalue weighted by Crippen LogP contribution is 2.45. The van der Waals surface area contributed by atoms with Crippen molar-refractivity contribution in [3.05, 3.63) is 42.0 Å². The molecule has 0 aliphatic heterocycles. The number of rotatable bonds is 4. The van der Waals surface area contributed by atoms with E-state index in [0.29, 0.717) is 11.6 Å². The number of amides is 1. The molecule has 2 bridgehead atoms. The molecule has 0 radical (unpaired) electrons. The van der Waals surface area contributed by atoms with Crippen molar-refractivity contribution >= 4 is 17.6 Å². The molecular formula is C19H22NO3-. The number of carboxylic acid groups (broad SMARTS) is 1. The maximum absolute atomic E-state index is 12.7. The number of carbonyl (C=O) groups is 2. The summed E-state index contributed by atoms with van der Waals surface area (Å²) in [6.07, 6.45) is 5.64. The van der Waals surface area contributed by atoms with Crippen molar-refractivity contribution < 1.29 is 14.7 Å². The molecule has 3 aliphatic rings. The number of carboxylic acids is 1. The summed E-state index contributed by atoms with van der Waals surface area (Å²) >= 11 is 0. The zero-order chi connectivity index (χ0) is 16.6. The molecule has 4 atom stereocenters. The van der Waals surface area contributed by atoms with E-state index in [-0.39, 0.29) is 17.7 Å². The fourth-order valence-electron chi connectivity index (χ4n) is 3.85. The molecule has 1 amide bonds. The molecule has 4 rings (SSSR count). The molecule has 122 valence electrons. The number of carbonyl (C=O) groups excluding carboxylic acids is 2. The SMILES string of the molecule is CC(C)c1ccc(NC(=O)[C@H]2[C@@H](C(=O)[O-])[C@H]3C=C[C@@H]2CC3)cc1. The van der Waals surface area contributed by atoms with Gasteiger partial charge in [-0.05, 0) is 48.3 Å². The Balaban J connectivity index is 1.76. The van der Waals surface area contributed by atoms with Gasteiger partial charge < -0.3 is 15.2 Å². The smallest absolute Gasteiger partial charge is 0.228 e. The molecule has 0 heterocycles. The Bertz CT molecular complexity index is 633. The standard InChI is InChI=1S/C19H23NO3/c1-11(2)12-7-9-15(10-8-12)20-18(21)16-13-3-5-14(6-4-13)17(16)19(22)23/h3,5,7-11,13-14,16-17H,4,6H2,1-2H3,(H,20,21)(H,22,23)/p-1/t13-,14+,16-,17+/m1/s1. The molecule has 3 aliphatic carbocycles. The van der Waals surface area contributed by atoms with Crippen LogP contribution in [0.2, 0.25) is 0 Å². The maximum atomic E-state index is 12.7. The Hall–Kier alpha value is -2.10. The molecule has 1 fully saturated rings. The van der Waals surface area contributed by atoms with Gasteiger partial charge in [0.1, 0.15) is 0 Å². The monoisotopic (exact) mass is 312 g/mol. The highest BCUT2D eigenvalue weighted by Gasteiger charge is 2.45. The lowest BCUT2D eigenvalue weighted by molar-refractivity contribution is -0.316. The molecule has 0 unspecified atom stereocenters. The molecule has 4 nitrogen and oxygen atoms in total. The van der Waals surface area contributed by atoms with E-state index in [0.717, 1.165) is 12.8 Å². The maximum Gasteiger partial charge on any atom is 0.228 e. The molecule has 1 aromatic rings. The summed E-state index contributed by atoms with van der Waals surface area (Å²) in [7, 11) is 0. The number of hydrogen-bond acceptors (Lipinski definition) is 3. The van der Waals surface area contributed by atoms with Crippen molar-refractivity contribution in [2.24, 2.45) is 23.7 Å². The zero-order valence-electron chi connectivity index (χ0n) is 13.5. The highest BCUT2D eigenvalue weighted by molar-refractivity contribution is 5.95. The van der Waals surface area contributed by atoms with Gasteiger partial charge in [-0.3, -0.25) is 4.79 Å². The number of hydrogen-bond donors (Lipinski definition) is 1. The third-order valence-electron chi connectivity index (χ3n) is 5.17. The molecule has 0 aromatic heterocycles. The van der Waals surface area contributed by atoms with Crippen LogP contribution in [-0.4, -0.2) is 11.9 Å². The zero-order valence-corrected chi connectivity index (χ0v) is 13.5. The summed E-state index contributed by atoms with van der Waals surface area (Å²) in [6, 6.07) is 7.73. The van der Waals surface area contributed by atoms with E-state index in [4.69, 9.17) is 0 Å². The van der Waals surface area contributed by atoms with Crippen molar-refractivity contribution in [2.45, 2.75) is 32.6 Å². The minimum Gasteiger partial charge on any atom is -0.550 e. The molecule has 1 saturated carbocycles. The van der Waals surface area contributed by atoms with Gasteiger partial charge in [-0.15, -0.1) is 0 Å². The number of anilines is 1. The van der Waals surface area contributed by atoms with Crippen LogP contribution in [0.15, 0.2) is 36.4 Å². The predicted octanol–water partition coefficient (Wildman–Crippen LogP) is 2.33. The van der Waals surface area contributed by atoms with Gasteiger partial charge in [0.2, 0.25) is 5.91 Å². The van der Waals surface area contributed by atoms with Gasteiger partial charge in [-0.25, -0.2) is 0 Å². The van der Waals surface area contributed by atoms with Gasteiger partial charge in [0.25, 0.3) is 0 Å². The lowest BCUT2D eigenvalue weighted by atomic mass is 9.62. The van der Waals surface area contributed by atoms with E-state index in [1.165, 1.54) is 5.56 Å². The van der Waals surface area contributed by atoms with Crippen LogP contribution in [0.5, 0.6) is 0 Å². The van der Waals surface area contributed by atoms with Gasteiger partial charge in [0.05, 0.1) is 5.92 Å². The van der Waals surface area contributed by atoms with Crippen molar-refractivity contribution in [1.29, 1.82) is 0 Å². The summed E-state index contributed by atoms with van der Waals surface area (Å²) in [5.74, 6) is -2.22. The number of aliphatic carboxylic acids is 1. The Labute approximate surface area is 136 Å². The van der Waals surface area contributed by atoms with Crippen LogP contribution in [0.4, 0.5) is 5.69 Å². The van der Waals surface area contributed by atoms with Crippen molar-refractivity contribution in [2.75, 3.05) is 5.32 Å². The van der Waals surface area contributed by atoms with E-state index < -0.39 is 17.8 Å². The minimum absolute atomic E-state index is 0.00200. The number of benzene rings is 1. The summed E-state index contributed by atoms with van der Waals surface area (Å²) in [5.41, 5.74) is 1.91. The summed E-state index contributed by atoms with van der Waals surface area (Å²) in [6.45, 7) is 4.23. The second-order valence-electron chi connectivity index (χ2n) is 6.93. The third kappa shape index (κ3) is 3.03. The predicted molar refractivity (Wildman–Crippen MR) is 86.5 cm³/mol. The topological polar surface area (TPSA) is 69.2 Å². The van der Waals surface area contributed by atoms with Crippen LogP contribution in [0.3, 0.4) is 0 Å². The number of fused-ring (bicyclic) bond motifs is 2. The van der Waals surface area contributed by atoms with Crippen LogP contribution in [-0.2, 0) is 9.59 Å². The van der Waals surface area contributed by atoms with E-state index in [2.05, 4.69) is 19.2 Å². The molecule has 1 N–H and O–H groups in total. The van der Waals surface area contributed by atoms with Crippen molar-refractivity contribution in [3.8, 4) is 0 Å². The van der Waals surface area contributed by atoms with Crippen LogP contribution in [0.25, 0.3) is 0 Å². The molecule has 0 saturated heterocycles. The fraction of sp³-hybridized carbons (Fsp3) is 0.474. The normalized spacial score (nSPS) is 28.8. The number of nitrogens with one attached hydrogen (secondary N) is 1. The Morgan fingerprint density at radius 1 is 1.04 bits per heavy atom. The number of allylic oxidation sites excluding steroid dienone is 2. The lowest BCUT2D eigenvalue weighted by Crippen LogP contribution is -2.51. The summed E-state index contributed by atoms with van der Waals surface area (Å²) in [4.78, 5) is 24.2. The molecule has 4 heteroatoms. The first-order chi connectivity index (χ1) is 11.0. The first kappa shape index (κ1) is 15.8. The van der Waals surface area contributed by atoms with Crippen molar-refractivity contribution in [3.63, 3.8) is 0 Å². The molecule has 0 spiro atoms. The van der Waals surface area contributed by atoms with Crippen LogP contribution in [0, 0.1) is 23.7 Å². The lowest BCUT2D eigenvalue weighted by Gasteiger charge is -2.44. The van der Waals surface area contributed by atoms with E-state index in [9.17, 15) is 14.7 Å². The first-order valence-corrected chi connectivity index (χ1v) is 8.27. The Morgan fingerprint density at radius 2 is 1.61 bits per heavy atom. The fourth-order valence-corrected chi connectivity index (χ4v) is 3.85. The quantitative estimate of drug-likeness (QED) is 0.868. The van der Waals surface area contributed by atoms with E-state index in [1.807, 2.05) is 36.4 Å². The second kappa shape index (κ2) is 6.19. The first-order valence-electron chi connectivity index (χ1n) is 8.27. The second-order valence-corrected chi connectivity index (χ2v) is 6.93. The van der Waals surface area contributed by atoms with Crippen LogP contribution >= 0.6 is 0 Å². The van der Waals surface area contributed by atoms with Gasteiger partial charge in [0.15, 0.2) is 0 Å². The Morgan fingerprint density at radius 3 is 2.09 bits per heavy atom. The average molecular weight is 312 g/mol. The summed E-state index contributed by atoms with van der Waals surface area (Å²) in [5, 5.41) is 14.4. The average Bonchev–Trinajstić information content (AvgIpc) is 2.55. The van der Waals surface area contributed by atoms with E-state index in [1.54, 1.807) is 0 Å². The minimum atomic E-state index is -1.11. The Kier molecular flexibility index (Phi) is 4.24. The molecule has 1 aromatic carbocycles. The van der Waals surface area contributed by atoms with Crippen molar-refractivity contribution in [1.82, 2.24) is 0 Å². The van der Waals surface area contributed by atoms with Gasteiger partial charge in [0, 0.05) is 17.6 Å². The highest BCUT2D eigenvalue weighted by atomic mass is 16.4. The van der Waals surface area contributed by atoms with Gasteiger partial charge in [-0.1, -0.05) is 38.1 Å². The third-order valence-corrected chi connectivity index (χ3v) is 5.17. The largest absolute Gasteiger partial charge is 0.550 e. The van der Waals surface area contributed by atoms with Gasteiger partial charge >= 0.3 is 0 Å². The molecular weight excluding hydrogens is 290 g/mol. The van der Waals surface area contributed by atoms with Gasteiger partial charge in [-0.2, -0.15) is 0 Å².